The Kier molecular flexibility index (Phi) is 1.48. The van der Waals surface area contributed by atoms with Crippen LogP contribution in [0.15, 0.2) is 11.1 Å². The predicted molar refractivity (Wildman–Crippen MR) is 48.5 cm³/mol. The van der Waals surface area contributed by atoms with Gasteiger partial charge in [0.25, 0.3) is 5.56 Å². The van der Waals surface area contributed by atoms with Gasteiger partial charge in [0.15, 0.2) is 5.52 Å². The summed E-state index contributed by atoms with van der Waals surface area (Å²) in [6.45, 7) is 1.84. The Morgan fingerprint density at radius 3 is 2.77 bits per heavy atom. The summed E-state index contributed by atoms with van der Waals surface area (Å²) in [5.74, 6) is 0. The number of aryl methyl sites for hydroxylation is 3. The van der Waals surface area contributed by atoms with Crippen molar-refractivity contribution < 1.29 is 0 Å². The Morgan fingerprint density at radius 2 is 2.08 bits per heavy atom. The highest BCUT2D eigenvalue weighted by Gasteiger charge is 2.09. The average molecular weight is 178 g/mol. The molecule has 0 bridgehead atoms. The fourth-order valence-corrected chi connectivity index (χ4v) is 1.41. The summed E-state index contributed by atoms with van der Waals surface area (Å²) in [6.07, 6.45) is 1.51. The molecule has 0 atom stereocenters. The van der Waals surface area contributed by atoms with E-state index in [-0.39, 0.29) is 5.56 Å². The van der Waals surface area contributed by atoms with Crippen LogP contribution in [0.4, 0.5) is 0 Å². The highest BCUT2D eigenvalue weighted by molar-refractivity contribution is 5.75. The summed E-state index contributed by atoms with van der Waals surface area (Å²) in [4.78, 5) is 15.8. The van der Waals surface area contributed by atoms with Gasteiger partial charge in [-0.1, -0.05) is 0 Å². The van der Waals surface area contributed by atoms with Crippen molar-refractivity contribution in [2.75, 3.05) is 0 Å². The number of aromatic nitrogens is 4. The highest BCUT2D eigenvalue weighted by atomic mass is 16.1. The molecule has 5 heteroatoms. The van der Waals surface area contributed by atoms with Crippen LogP contribution in [0.1, 0.15) is 5.69 Å². The summed E-state index contributed by atoms with van der Waals surface area (Å²) < 4.78 is 3.02. The maximum atomic E-state index is 11.6. The molecule has 0 aliphatic rings. The van der Waals surface area contributed by atoms with E-state index in [0.717, 1.165) is 5.69 Å². The first kappa shape index (κ1) is 7.97. The van der Waals surface area contributed by atoms with Crippen molar-refractivity contribution in [1.82, 2.24) is 19.3 Å². The Labute approximate surface area is 74.6 Å². The van der Waals surface area contributed by atoms with Crippen molar-refractivity contribution in [3.8, 4) is 0 Å². The smallest absolute Gasteiger partial charge is 0.279 e. The van der Waals surface area contributed by atoms with E-state index in [0.29, 0.717) is 11.0 Å². The zero-order chi connectivity index (χ0) is 9.59. The van der Waals surface area contributed by atoms with Crippen molar-refractivity contribution in [1.29, 1.82) is 0 Å². The molecule has 68 valence electrons. The van der Waals surface area contributed by atoms with Crippen LogP contribution in [0, 0.1) is 6.92 Å². The van der Waals surface area contributed by atoms with Gasteiger partial charge < -0.3 is 4.57 Å². The molecule has 0 unspecified atom stereocenters. The number of rotatable bonds is 0. The molecule has 0 N–H and O–H groups in total. The van der Waals surface area contributed by atoms with Crippen LogP contribution in [0.3, 0.4) is 0 Å². The number of hydrogen-bond donors (Lipinski definition) is 0. The van der Waals surface area contributed by atoms with Gasteiger partial charge in [0, 0.05) is 14.1 Å². The Balaban J connectivity index is 3.08. The maximum absolute atomic E-state index is 11.6. The minimum absolute atomic E-state index is 0.0619. The third-order valence-corrected chi connectivity index (χ3v) is 2.07. The van der Waals surface area contributed by atoms with Gasteiger partial charge in [-0.05, 0) is 6.92 Å². The molecule has 2 aromatic heterocycles. The zero-order valence-corrected chi connectivity index (χ0v) is 7.77. The molecular formula is C8H10N4O. The van der Waals surface area contributed by atoms with Gasteiger partial charge in [0.1, 0.15) is 5.52 Å². The van der Waals surface area contributed by atoms with Crippen molar-refractivity contribution >= 4 is 11.0 Å². The Bertz CT molecular complexity index is 523. The third kappa shape index (κ3) is 0.965. The van der Waals surface area contributed by atoms with E-state index in [1.54, 1.807) is 18.8 Å². The molecule has 2 rings (SSSR count). The van der Waals surface area contributed by atoms with Gasteiger partial charge in [-0.25, -0.2) is 4.98 Å². The van der Waals surface area contributed by atoms with Crippen LogP contribution in [0.2, 0.25) is 0 Å². The number of fused-ring (bicyclic) bond motifs is 1. The molecule has 0 aliphatic carbocycles. The lowest BCUT2D eigenvalue weighted by Gasteiger charge is -1.96. The second-order valence-corrected chi connectivity index (χ2v) is 3.07. The molecule has 0 saturated carbocycles. The summed E-state index contributed by atoms with van der Waals surface area (Å²) in [5.41, 5.74) is 1.97. The quantitative estimate of drug-likeness (QED) is 0.569. The van der Waals surface area contributed by atoms with E-state index in [1.165, 1.54) is 10.9 Å². The molecule has 13 heavy (non-hydrogen) atoms. The van der Waals surface area contributed by atoms with Crippen LogP contribution in [0.25, 0.3) is 11.0 Å². The van der Waals surface area contributed by atoms with Crippen molar-refractivity contribution in [3.63, 3.8) is 0 Å². The summed E-state index contributed by atoms with van der Waals surface area (Å²) in [7, 11) is 3.43. The Morgan fingerprint density at radius 1 is 1.38 bits per heavy atom. The topological polar surface area (TPSA) is 52.7 Å². The van der Waals surface area contributed by atoms with Crippen LogP contribution >= 0.6 is 0 Å². The van der Waals surface area contributed by atoms with Crippen molar-refractivity contribution in [3.05, 3.63) is 22.4 Å². The lowest BCUT2D eigenvalue weighted by molar-refractivity contribution is 0.765. The van der Waals surface area contributed by atoms with Gasteiger partial charge >= 0.3 is 0 Å². The van der Waals surface area contributed by atoms with Gasteiger partial charge in [0.05, 0.1) is 12.0 Å². The van der Waals surface area contributed by atoms with E-state index < -0.39 is 0 Å². The first-order valence-corrected chi connectivity index (χ1v) is 3.96. The normalized spacial score (nSPS) is 11.0. The zero-order valence-electron chi connectivity index (χ0n) is 7.77. The maximum Gasteiger partial charge on any atom is 0.279 e. The molecule has 0 saturated heterocycles. The van der Waals surface area contributed by atoms with Crippen LogP contribution < -0.4 is 5.56 Å². The van der Waals surface area contributed by atoms with Gasteiger partial charge in [0.2, 0.25) is 0 Å². The first-order chi connectivity index (χ1) is 6.11. The standard InChI is InChI=1S/C8H10N4O/c1-5-6-7(12(3)10-5)8(13)11(2)4-9-6/h4H,1-3H3. The van der Waals surface area contributed by atoms with Crippen LogP contribution in [0.5, 0.6) is 0 Å². The largest absolute Gasteiger partial charge is 0.301 e. The monoisotopic (exact) mass is 178 g/mol. The molecule has 0 aromatic carbocycles. The molecule has 0 spiro atoms. The Hall–Kier alpha value is -1.65. The van der Waals surface area contributed by atoms with E-state index in [1.807, 2.05) is 6.92 Å². The minimum Gasteiger partial charge on any atom is -0.301 e. The summed E-state index contributed by atoms with van der Waals surface area (Å²) in [5, 5.41) is 4.13. The molecular weight excluding hydrogens is 168 g/mol. The summed E-state index contributed by atoms with van der Waals surface area (Å²) >= 11 is 0. The van der Waals surface area contributed by atoms with Gasteiger partial charge in [-0.15, -0.1) is 0 Å². The second-order valence-electron chi connectivity index (χ2n) is 3.07. The SMILES string of the molecule is Cc1nn(C)c2c(=O)n(C)cnc12. The number of hydrogen-bond acceptors (Lipinski definition) is 3. The number of nitrogens with zero attached hydrogens (tertiary/aromatic N) is 4. The fraction of sp³-hybridized carbons (Fsp3) is 0.375. The molecule has 0 fully saturated rings. The highest BCUT2D eigenvalue weighted by Crippen LogP contribution is 2.08. The van der Waals surface area contributed by atoms with E-state index >= 15 is 0 Å². The van der Waals surface area contributed by atoms with E-state index in [2.05, 4.69) is 10.1 Å². The van der Waals surface area contributed by atoms with E-state index in [9.17, 15) is 4.79 Å². The van der Waals surface area contributed by atoms with Crippen LogP contribution in [-0.4, -0.2) is 19.3 Å². The van der Waals surface area contributed by atoms with Crippen LogP contribution in [-0.2, 0) is 14.1 Å². The first-order valence-electron chi connectivity index (χ1n) is 3.96. The van der Waals surface area contributed by atoms with Gasteiger partial charge in [-0.3, -0.25) is 9.48 Å². The lowest BCUT2D eigenvalue weighted by atomic mass is 10.4. The third-order valence-electron chi connectivity index (χ3n) is 2.07. The molecule has 2 aromatic rings. The molecule has 0 aliphatic heterocycles. The fourth-order valence-electron chi connectivity index (χ4n) is 1.41. The molecule has 0 amide bonds. The van der Waals surface area contributed by atoms with E-state index in [4.69, 9.17) is 0 Å². The molecule has 5 nitrogen and oxygen atoms in total. The molecule has 2 heterocycles. The second kappa shape index (κ2) is 2.42. The summed E-state index contributed by atoms with van der Waals surface area (Å²) in [6, 6.07) is 0. The average Bonchev–Trinajstić information content (AvgIpc) is 2.35. The predicted octanol–water partition coefficient (Wildman–Crippen LogP) is -0.0246. The van der Waals surface area contributed by atoms with Crippen molar-refractivity contribution in [2.45, 2.75) is 6.92 Å². The lowest BCUT2D eigenvalue weighted by Crippen LogP contribution is -2.18. The van der Waals surface area contributed by atoms with Crippen molar-refractivity contribution in [2.24, 2.45) is 14.1 Å². The van der Waals surface area contributed by atoms with Gasteiger partial charge in [-0.2, -0.15) is 5.10 Å². The minimum atomic E-state index is -0.0619. The molecule has 0 radical (unpaired) electrons.